The highest BCUT2D eigenvalue weighted by atomic mass is 31.2. The van der Waals surface area contributed by atoms with E-state index in [1.54, 1.807) is 0 Å². The molecule has 3 N–H and O–H groups in total. The van der Waals surface area contributed by atoms with Gasteiger partial charge in [0.2, 0.25) is 0 Å². The number of aliphatic hydroxyl groups is 1. The van der Waals surface area contributed by atoms with Crippen molar-refractivity contribution in [3.63, 3.8) is 0 Å². The van der Waals surface area contributed by atoms with Gasteiger partial charge in [-0.05, 0) is 25.7 Å². The topological polar surface area (TPSA) is 237 Å². The number of hydrogen-bond acceptors (Lipinski definition) is 15. The molecule has 0 fully saturated rings. The number of hydrogen-bond donors (Lipinski definition) is 3. The van der Waals surface area contributed by atoms with E-state index in [9.17, 15) is 43.2 Å². The molecule has 588 valence electrons. The van der Waals surface area contributed by atoms with Crippen molar-refractivity contribution >= 4 is 39.5 Å². The van der Waals surface area contributed by atoms with Crippen LogP contribution in [0.2, 0.25) is 0 Å². The Balaban J connectivity index is 5.18. The van der Waals surface area contributed by atoms with Gasteiger partial charge in [0.15, 0.2) is 12.2 Å². The molecule has 0 aromatic carbocycles. The first-order valence-corrected chi connectivity index (χ1v) is 44.8. The minimum atomic E-state index is -4.96. The van der Waals surface area contributed by atoms with Gasteiger partial charge in [-0.15, -0.1) is 0 Å². The Morgan fingerprint density at radius 2 is 0.404 bits per heavy atom. The van der Waals surface area contributed by atoms with Gasteiger partial charge in [0.25, 0.3) is 0 Å². The molecular formula is C80H156O17P2. The number of phosphoric acid groups is 2. The van der Waals surface area contributed by atoms with E-state index in [0.29, 0.717) is 25.7 Å². The fraction of sp³-hybridized carbons (Fsp3) is 0.950. The van der Waals surface area contributed by atoms with Crippen molar-refractivity contribution < 1.29 is 80.2 Å². The average Bonchev–Trinajstić information content (AvgIpc) is 1.05. The van der Waals surface area contributed by atoms with Crippen molar-refractivity contribution in [3.05, 3.63) is 0 Å². The molecule has 0 aliphatic carbocycles. The smallest absolute Gasteiger partial charge is 0.462 e. The molecule has 0 heterocycles. The largest absolute Gasteiger partial charge is 0.472 e. The second-order valence-electron chi connectivity index (χ2n) is 28.8. The van der Waals surface area contributed by atoms with Crippen LogP contribution in [0.3, 0.4) is 0 Å². The predicted octanol–water partition coefficient (Wildman–Crippen LogP) is 24.2. The lowest BCUT2D eigenvalue weighted by Gasteiger charge is -2.21. The summed E-state index contributed by atoms with van der Waals surface area (Å²) in [4.78, 5) is 72.8. The van der Waals surface area contributed by atoms with Gasteiger partial charge in [0, 0.05) is 25.7 Å². The lowest BCUT2D eigenvalue weighted by molar-refractivity contribution is -0.161. The van der Waals surface area contributed by atoms with Gasteiger partial charge in [0.1, 0.15) is 19.3 Å². The molecule has 0 saturated carbocycles. The fourth-order valence-electron chi connectivity index (χ4n) is 12.5. The number of esters is 4. The van der Waals surface area contributed by atoms with Crippen LogP contribution in [-0.4, -0.2) is 96.7 Å². The molecule has 0 aliphatic rings. The first-order valence-electron chi connectivity index (χ1n) is 41.8. The maximum absolute atomic E-state index is 13.1. The Morgan fingerprint density at radius 3 is 0.596 bits per heavy atom. The number of carbonyl (C=O) groups is 4. The molecule has 0 saturated heterocycles. The molecule has 0 aromatic heterocycles. The molecule has 0 aliphatic heterocycles. The minimum absolute atomic E-state index is 0.108. The third-order valence-electron chi connectivity index (χ3n) is 18.9. The van der Waals surface area contributed by atoms with Crippen molar-refractivity contribution in [2.45, 2.75) is 451 Å². The molecule has 0 radical (unpaired) electrons. The second-order valence-corrected chi connectivity index (χ2v) is 31.7. The number of ether oxygens (including phenoxy) is 4. The zero-order valence-electron chi connectivity index (χ0n) is 64.5. The average molecular weight is 1450 g/mol. The van der Waals surface area contributed by atoms with Crippen molar-refractivity contribution in [1.82, 2.24) is 0 Å². The number of carbonyl (C=O) groups excluding carboxylic acids is 4. The molecule has 99 heavy (non-hydrogen) atoms. The zero-order valence-corrected chi connectivity index (χ0v) is 66.3. The highest BCUT2D eigenvalue weighted by Gasteiger charge is 2.30. The summed E-state index contributed by atoms with van der Waals surface area (Å²) in [6, 6.07) is 0. The van der Waals surface area contributed by atoms with Crippen molar-refractivity contribution in [2.75, 3.05) is 39.6 Å². The zero-order chi connectivity index (χ0) is 72.5. The molecule has 17 nitrogen and oxygen atoms in total. The van der Waals surface area contributed by atoms with E-state index in [0.717, 1.165) is 89.9 Å². The van der Waals surface area contributed by atoms with Crippen LogP contribution in [0.4, 0.5) is 0 Å². The van der Waals surface area contributed by atoms with E-state index in [1.807, 2.05) is 0 Å². The lowest BCUT2D eigenvalue weighted by Crippen LogP contribution is -2.30. The first-order chi connectivity index (χ1) is 48.2. The van der Waals surface area contributed by atoms with E-state index < -0.39 is 97.5 Å². The summed E-state index contributed by atoms with van der Waals surface area (Å²) >= 11 is 0. The third kappa shape index (κ3) is 74.1. The van der Waals surface area contributed by atoms with Gasteiger partial charge in [-0.3, -0.25) is 37.3 Å². The van der Waals surface area contributed by atoms with Crippen molar-refractivity contribution in [2.24, 2.45) is 0 Å². The molecule has 0 bridgehead atoms. The van der Waals surface area contributed by atoms with Crippen LogP contribution < -0.4 is 0 Å². The van der Waals surface area contributed by atoms with Gasteiger partial charge in [0.05, 0.1) is 26.4 Å². The summed E-state index contributed by atoms with van der Waals surface area (Å²) < 4.78 is 68.6. The molecule has 2 unspecified atom stereocenters. The Hall–Kier alpha value is -1.94. The van der Waals surface area contributed by atoms with E-state index in [4.69, 9.17) is 37.0 Å². The molecule has 0 aromatic rings. The minimum Gasteiger partial charge on any atom is -0.462 e. The van der Waals surface area contributed by atoms with E-state index in [-0.39, 0.29) is 25.7 Å². The van der Waals surface area contributed by atoms with Crippen LogP contribution in [0.1, 0.15) is 432 Å². The molecule has 0 spiro atoms. The lowest BCUT2D eigenvalue weighted by atomic mass is 10.0. The quantitative estimate of drug-likeness (QED) is 0.0222. The number of rotatable bonds is 81. The van der Waals surface area contributed by atoms with Gasteiger partial charge < -0.3 is 33.8 Å². The molecule has 0 amide bonds. The van der Waals surface area contributed by atoms with Crippen LogP contribution in [-0.2, 0) is 65.4 Å². The van der Waals surface area contributed by atoms with E-state index in [1.165, 1.54) is 263 Å². The summed E-state index contributed by atoms with van der Waals surface area (Å²) in [6.45, 7) is 4.99. The van der Waals surface area contributed by atoms with Crippen LogP contribution >= 0.6 is 15.6 Å². The summed E-state index contributed by atoms with van der Waals surface area (Å²) in [6.07, 6.45) is 66.8. The van der Waals surface area contributed by atoms with Crippen LogP contribution in [0.5, 0.6) is 0 Å². The van der Waals surface area contributed by atoms with Gasteiger partial charge >= 0.3 is 39.5 Å². The number of unbranched alkanes of at least 4 members (excludes halogenated alkanes) is 55. The standard InChI is InChI=1S/C80H156O17P2/c1-5-9-13-17-21-25-28-31-33-35-37-39-41-43-45-48-51-55-59-63-67-80(85)97-76(71-91-78(83)65-61-57-53-49-47-44-42-40-38-36-34-32-29-26-22-18-14-10-6-2)73-95-99(88,89)93-69-74(81)68-92-98(86,87)94-72-75(70-90-77(82)64-60-56-52-24-20-16-12-8-4)96-79(84)66-62-58-54-50-46-30-27-23-19-15-11-7-3/h74-76,81H,5-73H2,1-4H3,(H,86,87)(H,88,89)/t74-,75+,76+/m0/s1. The molecule has 5 atom stereocenters. The molecule has 19 heteroatoms. The summed E-state index contributed by atoms with van der Waals surface area (Å²) in [5.41, 5.74) is 0. The Bertz CT molecular complexity index is 1880. The Morgan fingerprint density at radius 1 is 0.242 bits per heavy atom. The SMILES string of the molecule is CCCCCCCCCCCCCCCCCCCCCCC(=O)O[C@H](COC(=O)CCCCCCCCCCCCCCCCCCCCC)COP(=O)(O)OC[C@@H](O)COP(=O)(O)OC[C@@H](COC(=O)CCCCCCCCCC)OC(=O)CCCCCCCCCCCCCC. The van der Waals surface area contributed by atoms with Gasteiger partial charge in [-0.1, -0.05) is 381 Å². The van der Waals surface area contributed by atoms with E-state index >= 15 is 0 Å². The van der Waals surface area contributed by atoms with Gasteiger partial charge in [-0.2, -0.15) is 0 Å². The van der Waals surface area contributed by atoms with Crippen LogP contribution in [0, 0.1) is 0 Å². The van der Waals surface area contributed by atoms with E-state index in [2.05, 4.69) is 27.7 Å². The maximum Gasteiger partial charge on any atom is 0.472 e. The van der Waals surface area contributed by atoms with Crippen molar-refractivity contribution in [1.29, 1.82) is 0 Å². The first kappa shape index (κ1) is 97.1. The van der Waals surface area contributed by atoms with Crippen LogP contribution in [0.25, 0.3) is 0 Å². The third-order valence-corrected chi connectivity index (χ3v) is 20.8. The van der Waals surface area contributed by atoms with Crippen LogP contribution in [0.15, 0.2) is 0 Å². The summed E-state index contributed by atoms with van der Waals surface area (Å²) in [7, 11) is -9.91. The summed E-state index contributed by atoms with van der Waals surface area (Å²) in [5.74, 6) is -2.11. The molecular weight excluding hydrogens is 1290 g/mol. The Kier molecular flexibility index (Phi) is 72.9. The number of phosphoric ester groups is 2. The second kappa shape index (κ2) is 74.3. The summed E-state index contributed by atoms with van der Waals surface area (Å²) in [5, 5.41) is 10.6. The fourth-order valence-corrected chi connectivity index (χ4v) is 14.0. The highest BCUT2D eigenvalue weighted by molar-refractivity contribution is 7.47. The predicted molar refractivity (Wildman–Crippen MR) is 405 cm³/mol. The molecule has 0 rings (SSSR count). The van der Waals surface area contributed by atoms with Gasteiger partial charge in [-0.25, -0.2) is 9.13 Å². The highest BCUT2D eigenvalue weighted by Crippen LogP contribution is 2.45. The monoisotopic (exact) mass is 1450 g/mol. The number of aliphatic hydroxyl groups excluding tert-OH is 1. The Labute approximate surface area is 607 Å². The van der Waals surface area contributed by atoms with Crippen molar-refractivity contribution in [3.8, 4) is 0 Å². The maximum atomic E-state index is 13.1. The normalized spacial score (nSPS) is 13.8.